The van der Waals surface area contributed by atoms with Crippen LogP contribution in [0, 0.1) is 18.3 Å². The number of para-hydroxylation sites is 1. The second-order valence-electron chi connectivity index (χ2n) is 9.89. The number of carbonyl (C=O) groups is 3. The molecule has 37 heavy (non-hydrogen) atoms. The number of allylic oxidation sites excluding steroid dienone is 1. The van der Waals surface area contributed by atoms with E-state index in [1.165, 1.54) is 18.1 Å². The standard InChI is InChI=1S/C22H30O3.C9H12.C2H4O.H2/c1-3-7-19(23)18-12-15-22(14-4-2,16-13-18)21(25)11-10-17-8-5-6-9-20(17)24;1-3-9-6-4-8(2)5-7-9;1-2-3;/h4-6,8-9,18,24H,2-3,7,10-16H2,1H3;4-7H,3H2,1-2H3;2H,1H3;1H. The SMILES string of the molecule is C=CCC1(C(=O)CCc2ccccc2O)CCC(C(=O)CCC)CC1.CC=O.CCc1ccc(C)cc1.[HH]. The van der Waals surface area contributed by atoms with Crippen molar-refractivity contribution < 1.29 is 20.9 Å². The Morgan fingerprint density at radius 2 is 1.65 bits per heavy atom. The molecule has 0 unspecified atom stereocenters. The minimum Gasteiger partial charge on any atom is -0.508 e. The first kappa shape index (κ1) is 32.0. The van der Waals surface area contributed by atoms with Crippen LogP contribution in [0.1, 0.15) is 90.3 Å². The molecule has 0 aliphatic heterocycles. The number of phenolic OH excluding ortho intramolecular Hbond substituents is 1. The molecule has 1 N–H and O–H groups in total. The summed E-state index contributed by atoms with van der Waals surface area (Å²) in [5, 5.41) is 9.88. The first-order chi connectivity index (χ1) is 17.8. The van der Waals surface area contributed by atoms with Crippen LogP contribution in [0.4, 0.5) is 0 Å². The van der Waals surface area contributed by atoms with Crippen molar-refractivity contribution in [2.24, 2.45) is 11.3 Å². The summed E-state index contributed by atoms with van der Waals surface area (Å²) in [7, 11) is 0. The largest absolute Gasteiger partial charge is 0.508 e. The Kier molecular flexibility index (Phi) is 15.1. The molecular weight excluding hydrogens is 460 g/mol. The molecule has 0 aromatic heterocycles. The number of Topliss-reactive ketones (excluding diaryl/α,β-unsaturated/α-hetero) is 2. The zero-order valence-electron chi connectivity index (χ0n) is 23.3. The van der Waals surface area contributed by atoms with Gasteiger partial charge in [-0.25, -0.2) is 0 Å². The molecule has 0 radical (unpaired) electrons. The third-order valence-corrected chi connectivity index (χ3v) is 7.16. The minimum absolute atomic E-state index is 0. The number of rotatable bonds is 10. The predicted octanol–water partition coefficient (Wildman–Crippen LogP) is 8.02. The first-order valence-corrected chi connectivity index (χ1v) is 13.7. The molecule has 4 heteroatoms. The topological polar surface area (TPSA) is 71.4 Å². The van der Waals surface area contributed by atoms with Crippen LogP contribution in [0.2, 0.25) is 0 Å². The summed E-state index contributed by atoms with van der Waals surface area (Å²) in [6.07, 6.45) is 10.1. The summed E-state index contributed by atoms with van der Waals surface area (Å²) >= 11 is 0. The van der Waals surface area contributed by atoms with Gasteiger partial charge in [-0.1, -0.05) is 68.0 Å². The number of aryl methyl sites for hydroxylation is 3. The molecule has 0 saturated heterocycles. The molecule has 1 aliphatic carbocycles. The van der Waals surface area contributed by atoms with E-state index in [-0.39, 0.29) is 24.3 Å². The van der Waals surface area contributed by atoms with Gasteiger partial charge >= 0.3 is 0 Å². The Balaban J connectivity index is 0.000000876. The van der Waals surface area contributed by atoms with Gasteiger partial charge in [0.05, 0.1) is 0 Å². The van der Waals surface area contributed by atoms with E-state index in [9.17, 15) is 14.7 Å². The highest BCUT2D eigenvalue weighted by atomic mass is 16.3. The zero-order valence-corrected chi connectivity index (χ0v) is 23.3. The van der Waals surface area contributed by atoms with Crippen LogP contribution in [0.5, 0.6) is 5.75 Å². The van der Waals surface area contributed by atoms with E-state index in [4.69, 9.17) is 4.79 Å². The Labute approximate surface area is 225 Å². The van der Waals surface area contributed by atoms with E-state index in [2.05, 4.69) is 44.7 Å². The molecule has 3 rings (SSSR count). The van der Waals surface area contributed by atoms with Crippen LogP contribution in [-0.4, -0.2) is 23.0 Å². The van der Waals surface area contributed by atoms with E-state index >= 15 is 0 Å². The van der Waals surface area contributed by atoms with Crippen molar-refractivity contribution in [3.05, 3.63) is 77.9 Å². The van der Waals surface area contributed by atoms with Crippen molar-refractivity contribution in [3.63, 3.8) is 0 Å². The molecule has 2 aromatic rings. The van der Waals surface area contributed by atoms with Crippen LogP contribution in [0.25, 0.3) is 0 Å². The molecule has 1 fully saturated rings. The number of ketones is 2. The van der Waals surface area contributed by atoms with Crippen LogP contribution < -0.4 is 0 Å². The van der Waals surface area contributed by atoms with E-state index in [1.807, 2.05) is 25.1 Å². The van der Waals surface area contributed by atoms with Crippen LogP contribution >= 0.6 is 0 Å². The number of phenols is 1. The minimum atomic E-state index is -0.366. The average Bonchev–Trinajstić information content (AvgIpc) is 2.90. The summed E-state index contributed by atoms with van der Waals surface area (Å²) in [4.78, 5) is 33.9. The highest BCUT2D eigenvalue weighted by Gasteiger charge is 2.41. The average molecular weight is 509 g/mol. The van der Waals surface area contributed by atoms with Crippen molar-refractivity contribution >= 4 is 17.9 Å². The third kappa shape index (κ3) is 10.9. The fraction of sp³-hybridized carbons (Fsp3) is 0.485. The molecule has 0 bridgehead atoms. The van der Waals surface area contributed by atoms with E-state index < -0.39 is 0 Å². The fourth-order valence-electron chi connectivity index (χ4n) is 4.88. The lowest BCUT2D eigenvalue weighted by Gasteiger charge is -2.38. The summed E-state index contributed by atoms with van der Waals surface area (Å²) in [6.45, 7) is 11.6. The van der Waals surface area contributed by atoms with Gasteiger partial charge in [0, 0.05) is 25.6 Å². The highest BCUT2D eigenvalue weighted by molar-refractivity contribution is 5.86. The summed E-state index contributed by atoms with van der Waals surface area (Å²) in [5.41, 5.74) is 3.21. The van der Waals surface area contributed by atoms with Crippen LogP contribution in [0.15, 0.2) is 61.2 Å². The van der Waals surface area contributed by atoms with Gasteiger partial charge in [0.1, 0.15) is 23.6 Å². The van der Waals surface area contributed by atoms with Gasteiger partial charge in [0.15, 0.2) is 0 Å². The number of aromatic hydroxyl groups is 1. The van der Waals surface area contributed by atoms with E-state index in [0.717, 1.165) is 50.4 Å². The Morgan fingerprint density at radius 3 is 2.16 bits per heavy atom. The Hall–Kier alpha value is -3.01. The van der Waals surface area contributed by atoms with Gasteiger partial charge in [-0.15, -0.1) is 6.58 Å². The molecule has 0 amide bonds. The van der Waals surface area contributed by atoms with Gasteiger partial charge in [0.25, 0.3) is 0 Å². The molecule has 1 aliphatic rings. The number of aldehydes is 1. The van der Waals surface area contributed by atoms with Crippen molar-refractivity contribution in [2.75, 3.05) is 0 Å². The summed E-state index contributed by atoms with van der Waals surface area (Å²) in [5.74, 6) is 0.985. The second kappa shape index (κ2) is 17.4. The van der Waals surface area contributed by atoms with Crippen LogP contribution in [-0.2, 0) is 27.2 Å². The van der Waals surface area contributed by atoms with Gasteiger partial charge in [-0.05, 0) is 82.4 Å². The van der Waals surface area contributed by atoms with E-state index in [0.29, 0.717) is 31.5 Å². The van der Waals surface area contributed by atoms with Gasteiger partial charge in [-0.2, -0.15) is 0 Å². The van der Waals surface area contributed by atoms with Gasteiger partial charge in [-0.3, -0.25) is 9.59 Å². The Bertz CT molecular complexity index is 973. The van der Waals surface area contributed by atoms with Crippen molar-refractivity contribution in [1.29, 1.82) is 0 Å². The van der Waals surface area contributed by atoms with Crippen molar-refractivity contribution in [2.45, 2.75) is 91.9 Å². The molecular formula is C33H48O4. The summed E-state index contributed by atoms with van der Waals surface area (Å²) in [6, 6.07) is 15.8. The van der Waals surface area contributed by atoms with Gasteiger partial charge < -0.3 is 9.90 Å². The number of hydrogen-bond donors (Lipinski definition) is 1. The lowest BCUT2D eigenvalue weighted by molar-refractivity contribution is -0.134. The van der Waals surface area contributed by atoms with Crippen LogP contribution in [0.3, 0.4) is 0 Å². The predicted molar refractivity (Wildman–Crippen MR) is 155 cm³/mol. The molecule has 0 atom stereocenters. The molecule has 204 valence electrons. The normalized spacial score (nSPS) is 18.3. The number of hydrogen-bond acceptors (Lipinski definition) is 4. The first-order valence-electron chi connectivity index (χ1n) is 13.7. The maximum Gasteiger partial charge on any atom is 0.139 e. The van der Waals surface area contributed by atoms with Crippen molar-refractivity contribution in [3.8, 4) is 5.75 Å². The highest BCUT2D eigenvalue weighted by Crippen LogP contribution is 2.44. The van der Waals surface area contributed by atoms with Crippen molar-refractivity contribution in [1.82, 2.24) is 0 Å². The van der Waals surface area contributed by atoms with Gasteiger partial charge in [0.2, 0.25) is 0 Å². The number of carbonyl (C=O) groups excluding carboxylic acids is 3. The van der Waals surface area contributed by atoms with E-state index in [1.54, 1.807) is 12.1 Å². The lowest BCUT2D eigenvalue weighted by atomic mass is 9.64. The number of benzene rings is 2. The molecule has 4 nitrogen and oxygen atoms in total. The molecule has 1 saturated carbocycles. The lowest BCUT2D eigenvalue weighted by Crippen LogP contribution is -2.37. The quantitative estimate of drug-likeness (QED) is 0.260. The molecule has 0 spiro atoms. The molecule has 0 heterocycles. The zero-order chi connectivity index (χ0) is 27.7. The fourth-order valence-corrected chi connectivity index (χ4v) is 4.88. The monoisotopic (exact) mass is 508 g/mol. The third-order valence-electron chi connectivity index (χ3n) is 7.16. The maximum absolute atomic E-state index is 13.0. The summed E-state index contributed by atoms with van der Waals surface area (Å²) < 4.78 is 0. The molecule has 2 aromatic carbocycles. The smallest absolute Gasteiger partial charge is 0.139 e. The maximum atomic E-state index is 13.0. The Morgan fingerprint density at radius 1 is 1.05 bits per heavy atom. The second-order valence-corrected chi connectivity index (χ2v) is 9.89.